The van der Waals surface area contributed by atoms with Crippen molar-refractivity contribution < 1.29 is 9.18 Å². The van der Waals surface area contributed by atoms with Crippen LogP contribution in [0, 0.1) is 5.82 Å². The molecule has 4 aromatic rings. The third kappa shape index (κ3) is 2.49. The van der Waals surface area contributed by atoms with E-state index in [1.54, 1.807) is 34.1 Å². The smallest absolute Gasteiger partial charge is 0.271 e. The van der Waals surface area contributed by atoms with E-state index in [1.165, 1.54) is 6.20 Å². The standard InChI is InChI=1S/C20H17FN6O/c1-26-18(8-12-2-3-16(25-19(12)26)13-9-23-24-10-13)20(28)27-7-5-17(27)14-4-6-22-11-15(14)21/h2-4,6,8-11,17H,5,7H2,1H3,(H,23,24)/t17-/m1/s1. The van der Waals surface area contributed by atoms with Gasteiger partial charge in [0.1, 0.15) is 17.2 Å². The molecule has 1 aliphatic heterocycles. The van der Waals surface area contributed by atoms with Gasteiger partial charge in [0.15, 0.2) is 0 Å². The van der Waals surface area contributed by atoms with Crippen molar-refractivity contribution in [2.24, 2.45) is 7.05 Å². The molecule has 0 spiro atoms. The zero-order chi connectivity index (χ0) is 19.3. The SMILES string of the molecule is Cn1c(C(=O)N2CC[C@@H]2c2ccncc2F)cc2ccc(-c3cn[nH]c3)nc21. The number of carbonyl (C=O) groups excluding carboxylic acids is 1. The lowest BCUT2D eigenvalue weighted by Gasteiger charge is -2.41. The van der Waals surface area contributed by atoms with Crippen molar-refractivity contribution in [1.29, 1.82) is 0 Å². The van der Waals surface area contributed by atoms with Gasteiger partial charge in [-0.3, -0.25) is 14.9 Å². The van der Waals surface area contributed by atoms with Crippen LogP contribution in [0.25, 0.3) is 22.3 Å². The highest BCUT2D eigenvalue weighted by Gasteiger charge is 2.36. The minimum atomic E-state index is -0.381. The second-order valence-electron chi connectivity index (χ2n) is 6.89. The van der Waals surface area contributed by atoms with E-state index in [0.717, 1.165) is 23.1 Å². The van der Waals surface area contributed by atoms with Crippen LogP contribution in [0.5, 0.6) is 0 Å². The number of hydrogen-bond donors (Lipinski definition) is 1. The highest BCUT2D eigenvalue weighted by Crippen LogP contribution is 2.36. The van der Waals surface area contributed by atoms with Crippen molar-refractivity contribution >= 4 is 16.9 Å². The number of rotatable bonds is 3. The van der Waals surface area contributed by atoms with Gasteiger partial charge in [0.25, 0.3) is 5.91 Å². The predicted molar refractivity (Wildman–Crippen MR) is 101 cm³/mol. The number of likely N-dealkylation sites (tertiary alicyclic amines) is 1. The van der Waals surface area contributed by atoms with Crippen LogP contribution in [0.3, 0.4) is 0 Å². The molecule has 1 fully saturated rings. The highest BCUT2D eigenvalue weighted by atomic mass is 19.1. The Morgan fingerprint density at radius 1 is 1.29 bits per heavy atom. The number of halogens is 1. The Balaban J connectivity index is 1.50. The van der Waals surface area contributed by atoms with Crippen LogP contribution in [0.2, 0.25) is 0 Å². The van der Waals surface area contributed by atoms with Crippen LogP contribution < -0.4 is 0 Å². The summed E-state index contributed by atoms with van der Waals surface area (Å²) >= 11 is 0. The summed E-state index contributed by atoms with van der Waals surface area (Å²) in [5, 5.41) is 7.61. The number of amides is 1. The fourth-order valence-corrected chi connectivity index (χ4v) is 3.71. The molecule has 140 valence electrons. The maximum Gasteiger partial charge on any atom is 0.271 e. The summed E-state index contributed by atoms with van der Waals surface area (Å²) in [6.07, 6.45) is 6.96. The zero-order valence-electron chi connectivity index (χ0n) is 15.1. The van der Waals surface area contributed by atoms with Crippen LogP contribution in [-0.4, -0.2) is 42.1 Å². The first-order valence-corrected chi connectivity index (χ1v) is 8.99. The van der Waals surface area contributed by atoms with Gasteiger partial charge >= 0.3 is 0 Å². The number of aromatic nitrogens is 5. The zero-order valence-corrected chi connectivity index (χ0v) is 15.1. The summed E-state index contributed by atoms with van der Waals surface area (Å²) < 4.78 is 15.9. The van der Waals surface area contributed by atoms with Crippen molar-refractivity contribution in [2.45, 2.75) is 12.5 Å². The summed E-state index contributed by atoms with van der Waals surface area (Å²) in [6.45, 7) is 0.598. The van der Waals surface area contributed by atoms with Gasteiger partial charge < -0.3 is 9.47 Å². The number of hydrogen-bond acceptors (Lipinski definition) is 4. The average Bonchev–Trinajstić information content (AvgIpc) is 3.31. The molecule has 1 aliphatic rings. The number of H-pyrrole nitrogens is 1. The first-order chi connectivity index (χ1) is 13.6. The van der Waals surface area contributed by atoms with E-state index in [4.69, 9.17) is 0 Å². The van der Waals surface area contributed by atoms with Gasteiger partial charge in [-0.1, -0.05) is 0 Å². The quantitative estimate of drug-likeness (QED) is 0.596. The van der Waals surface area contributed by atoms with Gasteiger partial charge in [-0.25, -0.2) is 9.37 Å². The summed E-state index contributed by atoms with van der Waals surface area (Å²) in [5.74, 6) is -0.508. The van der Waals surface area contributed by atoms with Gasteiger partial charge in [0, 0.05) is 42.5 Å². The lowest BCUT2D eigenvalue weighted by atomic mass is 9.94. The van der Waals surface area contributed by atoms with Gasteiger partial charge in [0.2, 0.25) is 0 Å². The summed E-state index contributed by atoms with van der Waals surface area (Å²) in [7, 11) is 1.82. The molecule has 1 atom stereocenters. The van der Waals surface area contributed by atoms with E-state index in [2.05, 4.69) is 20.2 Å². The molecule has 0 unspecified atom stereocenters. The number of aryl methyl sites for hydroxylation is 1. The molecule has 1 saturated heterocycles. The van der Waals surface area contributed by atoms with Crippen LogP contribution in [0.1, 0.15) is 28.5 Å². The Kier molecular flexibility index (Phi) is 3.71. The second-order valence-corrected chi connectivity index (χ2v) is 6.89. The number of nitrogens with zero attached hydrogens (tertiary/aromatic N) is 5. The number of aromatic amines is 1. The molecule has 0 saturated carbocycles. The first-order valence-electron chi connectivity index (χ1n) is 8.99. The Labute approximate surface area is 159 Å². The molecular formula is C20H17FN6O. The van der Waals surface area contributed by atoms with Crippen molar-refractivity contribution in [1.82, 2.24) is 29.6 Å². The van der Waals surface area contributed by atoms with Crippen molar-refractivity contribution in [3.8, 4) is 11.3 Å². The Morgan fingerprint density at radius 3 is 2.89 bits per heavy atom. The monoisotopic (exact) mass is 376 g/mol. The normalized spacial score (nSPS) is 16.4. The molecule has 8 heteroatoms. The van der Waals surface area contributed by atoms with Gasteiger partial charge in [-0.2, -0.15) is 5.10 Å². The Hall–Kier alpha value is -3.55. The molecule has 1 N–H and O–H groups in total. The lowest BCUT2D eigenvalue weighted by Crippen LogP contribution is -2.46. The van der Waals surface area contributed by atoms with Crippen LogP contribution in [-0.2, 0) is 7.05 Å². The summed E-state index contributed by atoms with van der Waals surface area (Å²) in [6, 6.07) is 7.06. The average molecular weight is 376 g/mol. The molecule has 5 rings (SSSR count). The summed E-state index contributed by atoms with van der Waals surface area (Å²) in [5.41, 5.74) is 3.42. The fourth-order valence-electron chi connectivity index (χ4n) is 3.71. The Morgan fingerprint density at radius 2 is 2.18 bits per heavy atom. The largest absolute Gasteiger partial charge is 0.330 e. The Bertz CT molecular complexity index is 1180. The highest BCUT2D eigenvalue weighted by molar-refractivity contribution is 5.98. The van der Waals surface area contributed by atoms with E-state index in [0.29, 0.717) is 23.4 Å². The van der Waals surface area contributed by atoms with Crippen molar-refractivity contribution in [3.63, 3.8) is 0 Å². The van der Waals surface area contributed by atoms with Crippen LogP contribution >= 0.6 is 0 Å². The van der Waals surface area contributed by atoms with Gasteiger partial charge in [-0.15, -0.1) is 0 Å². The van der Waals surface area contributed by atoms with E-state index in [-0.39, 0.29) is 17.8 Å². The van der Waals surface area contributed by atoms with Gasteiger partial charge in [-0.05, 0) is 30.7 Å². The molecule has 28 heavy (non-hydrogen) atoms. The molecule has 0 bridgehead atoms. The molecule has 4 aromatic heterocycles. The lowest BCUT2D eigenvalue weighted by molar-refractivity contribution is 0.0443. The molecule has 1 amide bonds. The third-order valence-electron chi connectivity index (χ3n) is 5.33. The summed E-state index contributed by atoms with van der Waals surface area (Å²) in [4.78, 5) is 23.3. The number of nitrogens with one attached hydrogen (secondary N) is 1. The van der Waals surface area contributed by atoms with Crippen molar-refractivity contribution in [3.05, 3.63) is 66.1 Å². The second kappa shape index (κ2) is 6.26. The van der Waals surface area contributed by atoms with Crippen LogP contribution in [0.4, 0.5) is 4.39 Å². The minimum absolute atomic E-state index is 0.127. The van der Waals surface area contributed by atoms with Crippen molar-refractivity contribution in [2.75, 3.05) is 6.54 Å². The maximum absolute atomic E-state index is 14.1. The third-order valence-corrected chi connectivity index (χ3v) is 5.33. The minimum Gasteiger partial charge on any atom is -0.330 e. The molecule has 5 heterocycles. The molecule has 0 radical (unpaired) electrons. The molecule has 7 nitrogen and oxygen atoms in total. The van der Waals surface area contributed by atoms with E-state index < -0.39 is 0 Å². The fraction of sp³-hybridized carbons (Fsp3) is 0.200. The predicted octanol–water partition coefficient (Wildman–Crippen LogP) is 3.08. The maximum atomic E-state index is 14.1. The van der Waals surface area contributed by atoms with Crippen LogP contribution in [0.15, 0.2) is 49.1 Å². The molecule has 0 aliphatic carbocycles. The molecular weight excluding hydrogens is 359 g/mol. The number of fused-ring (bicyclic) bond motifs is 1. The number of pyridine rings is 2. The first kappa shape index (κ1) is 16.6. The van der Waals surface area contributed by atoms with E-state index in [9.17, 15) is 9.18 Å². The molecule has 0 aromatic carbocycles. The topological polar surface area (TPSA) is 79.7 Å². The van der Waals surface area contributed by atoms with E-state index in [1.807, 2.05) is 25.2 Å². The van der Waals surface area contributed by atoms with E-state index >= 15 is 0 Å². The van der Waals surface area contributed by atoms with Gasteiger partial charge in [0.05, 0.1) is 24.1 Å². The number of carbonyl (C=O) groups is 1.